The van der Waals surface area contributed by atoms with E-state index < -0.39 is 7.14 Å². The molecule has 16 heavy (non-hydrogen) atoms. The molecule has 0 aliphatic carbocycles. The van der Waals surface area contributed by atoms with E-state index in [-0.39, 0.29) is 0 Å². The van der Waals surface area contributed by atoms with E-state index in [9.17, 15) is 4.57 Å². The fourth-order valence-corrected chi connectivity index (χ4v) is 5.24. The van der Waals surface area contributed by atoms with Crippen molar-refractivity contribution in [1.29, 1.82) is 0 Å². The summed E-state index contributed by atoms with van der Waals surface area (Å²) in [5, 5.41) is 2.28. The summed E-state index contributed by atoms with van der Waals surface area (Å²) >= 11 is 3.38. The molecule has 0 aliphatic rings. The summed E-state index contributed by atoms with van der Waals surface area (Å²) in [6, 6.07) is 19.3. The average molecular weight is 295 g/mol. The van der Waals surface area contributed by atoms with Crippen LogP contribution in [0.4, 0.5) is 0 Å². The van der Waals surface area contributed by atoms with E-state index in [1.807, 2.05) is 60.7 Å². The molecular weight excluding hydrogens is 283 g/mol. The van der Waals surface area contributed by atoms with Crippen molar-refractivity contribution in [3.05, 3.63) is 60.7 Å². The van der Waals surface area contributed by atoms with Gasteiger partial charge in [0.2, 0.25) is 0 Å². The van der Waals surface area contributed by atoms with Gasteiger partial charge in [-0.05, 0) is 0 Å². The monoisotopic (exact) mass is 294 g/mol. The molecule has 3 heteroatoms. The molecule has 1 nitrogen and oxygen atoms in total. The fourth-order valence-electron chi connectivity index (χ4n) is 1.62. The van der Waals surface area contributed by atoms with Gasteiger partial charge in [-0.3, -0.25) is 0 Å². The van der Waals surface area contributed by atoms with Gasteiger partial charge in [-0.2, -0.15) is 0 Å². The van der Waals surface area contributed by atoms with E-state index in [0.29, 0.717) is 5.07 Å². The van der Waals surface area contributed by atoms with Gasteiger partial charge in [0.05, 0.1) is 5.07 Å². The van der Waals surface area contributed by atoms with Gasteiger partial charge in [0.15, 0.2) is 7.14 Å². The van der Waals surface area contributed by atoms with Crippen molar-refractivity contribution < 1.29 is 4.57 Å². The Labute approximate surface area is 104 Å². The zero-order chi connectivity index (χ0) is 11.4. The maximum atomic E-state index is 12.9. The van der Waals surface area contributed by atoms with Crippen molar-refractivity contribution in [3.63, 3.8) is 0 Å². The van der Waals surface area contributed by atoms with Crippen LogP contribution in [0.5, 0.6) is 0 Å². The normalized spacial score (nSPS) is 11.3. The largest absolute Gasteiger partial charge is 0.313 e. The Balaban J connectivity index is 2.54. The highest BCUT2D eigenvalue weighted by atomic mass is 79.9. The molecule has 0 atom stereocenters. The molecule has 2 aromatic carbocycles. The van der Waals surface area contributed by atoms with Gasteiger partial charge in [0.25, 0.3) is 0 Å². The molecular formula is C13H12BrOP. The van der Waals surface area contributed by atoms with E-state index in [2.05, 4.69) is 15.9 Å². The molecule has 0 unspecified atom stereocenters. The molecule has 0 spiro atoms. The lowest BCUT2D eigenvalue weighted by molar-refractivity contribution is 0.590. The lowest BCUT2D eigenvalue weighted by Crippen LogP contribution is -2.16. The minimum atomic E-state index is -2.49. The second-order valence-corrected chi connectivity index (χ2v) is 7.79. The second-order valence-electron chi connectivity index (χ2n) is 3.53. The van der Waals surface area contributed by atoms with Crippen molar-refractivity contribution in [2.45, 2.75) is 0 Å². The molecule has 0 aromatic heterocycles. The van der Waals surface area contributed by atoms with Gasteiger partial charge < -0.3 is 4.57 Å². The van der Waals surface area contributed by atoms with E-state index in [0.717, 1.165) is 10.6 Å². The van der Waals surface area contributed by atoms with Gasteiger partial charge in [0, 0.05) is 10.6 Å². The molecule has 0 amide bonds. The Kier molecular flexibility index (Phi) is 3.63. The predicted octanol–water partition coefficient (Wildman–Crippen LogP) is 3.35. The van der Waals surface area contributed by atoms with Crippen molar-refractivity contribution in [3.8, 4) is 0 Å². The predicted molar refractivity (Wildman–Crippen MR) is 73.6 cm³/mol. The summed E-state index contributed by atoms with van der Waals surface area (Å²) in [6.07, 6.45) is 0. The molecule has 0 aliphatic heterocycles. The fraction of sp³-hybridized carbons (Fsp3) is 0.0769. The molecule has 0 saturated carbocycles. The summed E-state index contributed by atoms with van der Waals surface area (Å²) in [6.45, 7) is 0. The quantitative estimate of drug-likeness (QED) is 0.627. The van der Waals surface area contributed by atoms with Crippen molar-refractivity contribution in [1.82, 2.24) is 0 Å². The first kappa shape index (κ1) is 11.6. The first-order valence-electron chi connectivity index (χ1n) is 5.03. The number of hydrogen-bond acceptors (Lipinski definition) is 1. The van der Waals surface area contributed by atoms with Crippen molar-refractivity contribution >= 4 is 33.7 Å². The van der Waals surface area contributed by atoms with Crippen LogP contribution in [0, 0.1) is 0 Å². The van der Waals surface area contributed by atoms with Crippen LogP contribution < -0.4 is 10.6 Å². The zero-order valence-electron chi connectivity index (χ0n) is 8.71. The SMILES string of the molecule is O=P(CBr)(c1ccccc1)c1ccccc1. The first-order valence-corrected chi connectivity index (χ1v) is 8.05. The third kappa shape index (κ3) is 2.14. The zero-order valence-corrected chi connectivity index (χ0v) is 11.2. The lowest BCUT2D eigenvalue weighted by atomic mass is 10.4. The number of halogens is 1. The van der Waals surface area contributed by atoms with Gasteiger partial charge in [-0.25, -0.2) is 0 Å². The number of alkyl halides is 1. The highest BCUT2D eigenvalue weighted by Crippen LogP contribution is 2.44. The molecule has 0 N–H and O–H groups in total. The average Bonchev–Trinajstić information content (AvgIpc) is 2.40. The minimum Gasteiger partial charge on any atom is -0.313 e. The maximum Gasteiger partial charge on any atom is 0.153 e. The third-order valence-electron chi connectivity index (χ3n) is 2.51. The van der Waals surface area contributed by atoms with Crippen LogP contribution in [0.25, 0.3) is 0 Å². The summed E-state index contributed by atoms with van der Waals surface area (Å²) < 4.78 is 12.9. The lowest BCUT2D eigenvalue weighted by Gasteiger charge is -2.16. The minimum absolute atomic E-state index is 0.480. The van der Waals surface area contributed by atoms with E-state index in [4.69, 9.17) is 0 Å². The number of hydrogen-bond donors (Lipinski definition) is 0. The van der Waals surface area contributed by atoms with Crippen molar-refractivity contribution in [2.24, 2.45) is 0 Å². The summed E-state index contributed by atoms with van der Waals surface area (Å²) in [5.41, 5.74) is 0. The van der Waals surface area contributed by atoms with Gasteiger partial charge in [-0.15, -0.1) is 0 Å². The van der Waals surface area contributed by atoms with Crippen LogP contribution in [0.3, 0.4) is 0 Å². The first-order chi connectivity index (χ1) is 7.77. The highest BCUT2D eigenvalue weighted by Gasteiger charge is 2.24. The Hall–Kier alpha value is -0.850. The van der Waals surface area contributed by atoms with Crippen LogP contribution >= 0.6 is 23.1 Å². The van der Waals surface area contributed by atoms with Crippen LogP contribution in [0.15, 0.2) is 60.7 Å². The van der Waals surface area contributed by atoms with Gasteiger partial charge in [-0.1, -0.05) is 76.6 Å². The Morgan fingerprint density at radius 2 is 1.19 bits per heavy atom. The summed E-state index contributed by atoms with van der Waals surface area (Å²) in [7, 11) is -2.49. The van der Waals surface area contributed by atoms with E-state index in [1.165, 1.54) is 0 Å². The van der Waals surface area contributed by atoms with Gasteiger partial charge in [0.1, 0.15) is 0 Å². The standard InChI is InChI=1S/C13H12BrOP/c14-11-16(15,12-7-3-1-4-8-12)13-9-5-2-6-10-13/h1-10H,11H2. The maximum absolute atomic E-state index is 12.9. The molecule has 82 valence electrons. The Bertz CT molecular complexity index is 452. The smallest absolute Gasteiger partial charge is 0.153 e. The highest BCUT2D eigenvalue weighted by molar-refractivity contribution is 9.10. The summed E-state index contributed by atoms with van der Waals surface area (Å²) in [5.74, 6) is 0. The number of benzene rings is 2. The molecule has 2 aromatic rings. The van der Waals surface area contributed by atoms with Crippen LogP contribution in [0.1, 0.15) is 0 Å². The molecule has 0 saturated heterocycles. The Morgan fingerprint density at radius 1 is 0.812 bits per heavy atom. The van der Waals surface area contributed by atoms with Gasteiger partial charge >= 0.3 is 0 Å². The molecule has 0 fully saturated rings. The topological polar surface area (TPSA) is 17.1 Å². The molecule has 0 bridgehead atoms. The molecule has 0 radical (unpaired) electrons. The Morgan fingerprint density at radius 3 is 1.50 bits per heavy atom. The van der Waals surface area contributed by atoms with Crippen LogP contribution in [-0.4, -0.2) is 5.07 Å². The summed E-state index contributed by atoms with van der Waals surface area (Å²) in [4.78, 5) is 0. The van der Waals surface area contributed by atoms with Crippen LogP contribution in [0.2, 0.25) is 0 Å². The molecule has 0 heterocycles. The molecule has 2 rings (SSSR count). The third-order valence-corrected chi connectivity index (χ3v) is 7.23. The second kappa shape index (κ2) is 4.99. The van der Waals surface area contributed by atoms with Crippen molar-refractivity contribution in [2.75, 3.05) is 5.07 Å². The van der Waals surface area contributed by atoms with Crippen LogP contribution in [-0.2, 0) is 4.57 Å². The number of rotatable bonds is 3. The van der Waals surface area contributed by atoms with E-state index >= 15 is 0 Å². The van der Waals surface area contributed by atoms with E-state index in [1.54, 1.807) is 0 Å².